The van der Waals surface area contributed by atoms with Crippen molar-refractivity contribution in [1.82, 2.24) is 0 Å². The maximum absolute atomic E-state index is 11.9. The highest BCUT2D eigenvalue weighted by Crippen LogP contribution is 2.20. The number of benzene rings is 1. The van der Waals surface area contributed by atoms with Gasteiger partial charge in [-0.25, -0.2) is 0 Å². The molecule has 0 heterocycles. The van der Waals surface area contributed by atoms with Crippen molar-refractivity contribution in [2.24, 2.45) is 0 Å². The summed E-state index contributed by atoms with van der Waals surface area (Å²) >= 11 is 1.30. The average molecular weight is 284 g/mol. The summed E-state index contributed by atoms with van der Waals surface area (Å²) in [4.78, 5) is 11.9. The second kappa shape index (κ2) is 7.37. The maximum Gasteiger partial charge on any atom is 0.237 e. The average Bonchev–Trinajstić information content (AvgIpc) is 2.38. The molecule has 0 fully saturated rings. The van der Waals surface area contributed by atoms with E-state index >= 15 is 0 Å². The van der Waals surface area contributed by atoms with Crippen LogP contribution < -0.4 is 11.1 Å². The van der Waals surface area contributed by atoms with E-state index in [1.807, 2.05) is 6.92 Å². The van der Waals surface area contributed by atoms with E-state index in [1.54, 1.807) is 25.1 Å². The lowest BCUT2D eigenvalue weighted by Gasteiger charge is -2.15. The summed E-state index contributed by atoms with van der Waals surface area (Å²) in [7, 11) is 0. The second-order valence-corrected chi connectivity index (χ2v) is 5.75. The number of aliphatic hydroxyl groups excluding tert-OH is 2. The highest BCUT2D eigenvalue weighted by atomic mass is 32.2. The third-order valence-electron chi connectivity index (χ3n) is 2.63. The smallest absolute Gasteiger partial charge is 0.237 e. The molecule has 0 saturated carbocycles. The Morgan fingerprint density at radius 3 is 2.79 bits per heavy atom. The first-order chi connectivity index (χ1) is 8.93. The van der Waals surface area contributed by atoms with Gasteiger partial charge in [-0.3, -0.25) is 4.79 Å². The summed E-state index contributed by atoms with van der Waals surface area (Å²) in [5, 5.41) is 20.5. The van der Waals surface area contributed by atoms with E-state index in [2.05, 4.69) is 5.32 Å². The van der Waals surface area contributed by atoms with Gasteiger partial charge in [0.2, 0.25) is 5.91 Å². The summed E-state index contributed by atoms with van der Waals surface area (Å²) in [5.74, 6) is 0.189. The molecule has 2 atom stereocenters. The molecule has 1 amide bonds. The van der Waals surface area contributed by atoms with Crippen molar-refractivity contribution < 1.29 is 15.0 Å². The first-order valence-corrected chi connectivity index (χ1v) is 7.06. The largest absolute Gasteiger partial charge is 0.399 e. The van der Waals surface area contributed by atoms with Crippen LogP contribution in [0.25, 0.3) is 0 Å². The van der Waals surface area contributed by atoms with Crippen molar-refractivity contribution in [1.29, 1.82) is 0 Å². The van der Waals surface area contributed by atoms with Crippen LogP contribution in [0.4, 0.5) is 11.4 Å². The normalized spacial score (nSPS) is 13.9. The van der Waals surface area contributed by atoms with Crippen LogP contribution in [0, 0.1) is 6.92 Å². The third kappa shape index (κ3) is 5.10. The fourth-order valence-corrected chi connectivity index (χ4v) is 2.27. The minimum Gasteiger partial charge on any atom is -0.399 e. The number of aryl methyl sites for hydroxylation is 1. The van der Waals surface area contributed by atoms with Crippen LogP contribution in [-0.2, 0) is 4.79 Å². The standard InChI is InChI=1S/C13H20N2O3S/c1-8-5-10(14)3-4-12(8)15-13(18)9(2)19-7-11(17)6-16/h3-5,9,11,16-17H,6-7,14H2,1-2H3,(H,15,18). The molecule has 1 aromatic carbocycles. The molecule has 2 unspecified atom stereocenters. The van der Waals surface area contributed by atoms with Crippen LogP contribution in [0.15, 0.2) is 18.2 Å². The molecule has 0 spiro atoms. The monoisotopic (exact) mass is 284 g/mol. The van der Waals surface area contributed by atoms with Crippen molar-refractivity contribution >= 4 is 29.0 Å². The Hall–Kier alpha value is -1.24. The maximum atomic E-state index is 11.9. The minimum atomic E-state index is -0.793. The summed E-state index contributed by atoms with van der Waals surface area (Å²) in [6.07, 6.45) is -0.793. The predicted molar refractivity (Wildman–Crippen MR) is 79.2 cm³/mol. The number of nitrogen functional groups attached to an aromatic ring is 1. The number of nitrogens with one attached hydrogen (secondary N) is 1. The number of aliphatic hydroxyl groups is 2. The number of nitrogens with two attached hydrogens (primary N) is 1. The Labute approximate surface area is 117 Å². The molecule has 0 saturated heterocycles. The highest BCUT2D eigenvalue weighted by molar-refractivity contribution is 8.00. The lowest BCUT2D eigenvalue weighted by Crippen LogP contribution is -2.25. The SMILES string of the molecule is Cc1cc(N)ccc1NC(=O)C(C)SCC(O)CO. The van der Waals surface area contributed by atoms with Crippen molar-refractivity contribution in [2.45, 2.75) is 25.2 Å². The first kappa shape index (κ1) is 15.8. The van der Waals surface area contributed by atoms with Gasteiger partial charge in [0.1, 0.15) is 0 Å². The lowest BCUT2D eigenvalue weighted by atomic mass is 10.2. The van der Waals surface area contributed by atoms with Gasteiger partial charge in [-0.2, -0.15) is 0 Å². The van der Waals surface area contributed by atoms with Gasteiger partial charge in [0.25, 0.3) is 0 Å². The number of rotatable bonds is 6. The van der Waals surface area contributed by atoms with Gasteiger partial charge in [0.15, 0.2) is 0 Å². The van der Waals surface area contributed by atoms with Crippen LogP contribution in [-0.4, -0.2) is 39.8 Å². The van der Waals surface area contributed by atoms with E-state index < -0.39 is 6.10 Å². The topological polar surface area (TPSA) is 95.6 Å². The van der Waals surface area contributed by atoms with Gasteiger partial charge in [0.05, 0.1) is 18.0 Å². The molecule has 1 aromatic rings. The van der Waals surface area contributed by atoms with E-state index in [9.17, 15) is 9.90 Å². The molecular weight excluding hydrogens is 264 g/mol. The fraction of sp³-hybridized carbons (Fsp3) is 0.462. The van der Waals surface area contributed by atoms with Crippen LogP contribution in [0.1, 0.15) is 12.5 Å². The van der Waals surface area contributed by atoms with Gasteiger partial charge in [0, 0.05) is 17.1 Å². The zero-order chi connectivity index (χ0) is 14.4. The van der Waals surface area contributed by atoms with E-state index in [4.69, 9.17) is 10.8 Å². The molecule has 0 aliphatic rings. The first-order valence-electron chi connectivity index (χ1n) is 6.01. The minimum absolute atomic E-state index is 0.136. The summed E-state index contributed by atoms with van der Waals surface area (Å²) in [6.45, 7) is 3.34. The van der Waals surface area contributed by atoms with E-state index in [0.717, 1.165) is 11.3 Å². The molecule has 1 rings (SSSR count). The molecule has 19 heavy (non-hydrogen) atoms. The summed E-state index contributed by atoms with van der Waals surface area (Å²) in [5.41, 5.74) is 7.94. The molecular formula is C13H20N2O3S. The van der Waals surface area contributed by atoms with Crippen LogP contribution in [0.3, 0.4) is 0 Å². The Balaban J connectivity index is 2.54. The van der Waals surface area contributed by atoms with Crippen molar-refractivity contribution in [3.63, 3.8) is 0 Å². The Morgan fingerprint density at radius 1 is 1.53 bits per heavy atom. The third-order valence-corrected chi connectivity index (χ3v) is 3.92. The highest BCUT2D eigenvalue weighted by Gasteiger charge is 2.16. The van der Waals surface area contributed by atoms with Gasteiger partial charge < -0.3 is 21.3 Å². The second-order valence-electron chi connectivity index (χ2n) is 4.38. The van der Waals surface area contributed by atoms with Crippen LogP contribution in [0.5, 0.6) is 0 Å². The van der Waals surface area contributed by atoms with Crippen LogP contribution in [0.2, 0.25) is 0 Å². The molecule has 0 radical (unpaired) electrons. The van der Waals surface area contributed by atoms with Gasteiger partial charge in [-0.15, -0.1) is 11.8 Å². The molecule has 5 nitrogen and oxygen atoms in total. The number of carbonyl (C=O) groups excluding carboxylic acids is 1. The Morgan fingerprint density at radius 2 is 2.21 bits per heavy atom. The van der Waals surface area contributed by atoms with Gasteiger partial charge >= 0.3 is 0 Å². The number of carbonyl (C=O) groups is 1. The summed E-state index contributed by atoms with van der Waals surface area (Å²) in [6, 6.07) is 5.29. The van der Waals surface area contributed by atoms with E-state index in [0.29, 0.717) is 11.4 Å². The van der Waals surface area contributed by atoms with Crippen LogP contribution >= 0.6 is 11.8 Å². The molecule has 106 valence electrons. The van der Waals surface area contributed by atoms with Crippen molar-refractivity contribution in [3.05, 3.63) is 23.8 Å². The Kier molecular flexibility index (Phi) is 6.14. The van der Waals surface area contributed by atoms with Crippen molar-refractivity contribution in [3.8, 4) is 0 Å². The quantitative estimate of drug-likeness (QED) is 0.584. The fourth-order valence-electron chi connectivity index (χ4n) is 1.45. The number of thioether (sulfide) groups is 1. The number of anilines is 2. The van der Waals surface area contributed by atoms with Crippen molar-refractivity contribution in [2.75, 3.05) is 23.4 Å². The summed E-state index contributed by atoms with van der Waals surface area (Å²) < 4.78 is 0. The van der Waals surface area contributed by atoms with Gasteiger partial charge in [-0.05, 0) is 37.6 Å². The Bertz CT molecular complexity index is 440. The predicted octanol–water partition coefficient (Wildman–Crippen LogP) is 0.991. The number of amides is 1. The van der Waals surface area contributed by atoms with E-state index in [-0.39, 0.29) is 17.8 Å². The van der Waals surface area contributed by atoms with Gasteiger partial charge in [-0.1, -0.05) is 0 Å². The molecule has 0 aliphatic carbocycles. The molecule has 0 bridgehead atoms. The molecule has 0 aliphatic heterocycles. The zero-order valence-corrected chi connectivity index (χ0v) is 11.9. The van der Waals surface area contributed by atoms with E-state index in [1.165, 1.54) is 11.8 Å². The molecule has 5 N–H and O–H groups in total. The lowest BCUT2D eigenvalue weighted by molar-refractivity contribution is -0.115. The number of hydrogen-bond acceptors (Lipinski definition) is 5. The zero-order valence-electron chi connectivity index (χ0n) is 11.1. The molecule has 0 aromatic heterocycles. The molecule has 6 heteroatoms. The number of hydrogen-bond donors (Lipinski definition) is 4.